The third-order valence-electron chi connectivity index (χ3n) is 4.92. The maximum atomic E-state index is 10.8. The Hall–Kier alpha value is -0.550. The minimum absolute atomic E-state index is 0.0326. The average molecular weight is 207 g/mol. The molecule has 0 amide bonds. The smallest absolute Gasteiger partial charge is 0.0910 e. The van der Waals surface area contributed by atoms with Crippen LogP contribution in [0.5, 0.6) is 0 Å². The largest absolute Gasteiger partial charge is 0.388 e. The summed E-state index contributed by atoms with van der Waals surface area (Å²) in [7, 11) is 0. The van der Waals surface area contributed by atoms with Crippen molar-refractivity contribution in [1.82, 2.24) is 0 Å². The van der Waals surface area contributed by atoms with Crippen molar-refractivity contribution >= 4 is 0 Å². The first-order chi connectivity index (χ1) is 6.97. The molecule has 2 aliphatic carbocycles. The summed E-state index contributed by atoms with van der Waals surface area (Å²) in [5, 5.41) is 20.3. The molecule has 0 unspecified atom stereocenters. The zero-order valence-corrected chi connectivity index (χ0v) is 9.84. The maximum absolute atomic E-state index is 10.8. The van der Waals surface area contributed by atoms with Gasteiger partial charge in [0.2, 0.25) is 0 Å². The number of nitriles is 1. The quantitative estimate of drug-likeness (QED) is 0.663. The van der Waals surface area contributed by atoms with Gasteiger partial charge in [-0.25, -0.2) is 0 Å². The molecule has 2 fully saturated rings. The maximum Gasteiger partial charge on any atom is 0.0910 e. The van der Waals surface area contributed by atoms with Gasteiger partial charge in [0.15, 0.2) is 0 Å². The highest BCUT2D eigenvalue weighted by Gasteiger charge is 2.61. The van der Waals surface area contributed by atoms with Gasteiger partial charge < -0.3 is 5.11 Å². The summed E-state index contributed by atoms with van der Waals surface area (Å²) in [6, 6.07) is 2.50. The van der Waals surface area contributed by atoms with Crippen molar-refractivity contribution in [2.75, 3.05) is 0 Å². The Morgan fingerprint density at radius 1 is 1.00 bits per heavy atom. The van der Waals surface area contributed by atoms with Crippen LogP contribution in [0.3, 0.4) is 0 Å². The van der Waals surface area contributed by atoms with Gasteiger partial charge in [0, 0.05) is 0 Å². The van der Waals surface area contributed by atoms with Crippen LogP contribution in [0.1, 0.15) is 58.8 Å². The molecule has 2 rings (SSSR count). The Kier molecular flexibility index (Phi) is 2.35. The second-order valence-corrected chi connectivity index (χ2v) is 5.99. The molecule has 84 valence electrons. The molecule has 0 spiro atoms. The minimum atomic E-state index is -0.707. The second kappa shape index (κ2) is 3.22. The van der Waals surface area contributed by atoms with E-state index in [9.17, 15) is 10.4 Å². The molecule has 0 aromatic rings. The van der Waals surface area contributed by atoms with Crippen LogP contribution in [0.2, 0.25) is 0 Å². The number of hydrogen-bond donors (Lipinski definition) is 1. The number of nitrogens with zero attached hydrogens (tertiary/aromatic N) is 1. The number of fused-ring (bicyclic) bond motifs is 1. The molecule has 2 aliphatic rings. The van der Waals surface area contributed by atoms with E-state index in [0.29, 0.717) is 0 Å². The highest BCUT2D eigenvalue weighted by Crippen LogP contribution is 2.61. The molecule has 0 aromatic heterocycles. The first-order valence-electron chi connectivity index (χ1n) is 6.11. The summed E-state index contributed by atoms with van der Waals surface area (Å²) in [5.74, 6) is 0. The third kappa shape index (κ3) is 1.26. The van der Waals surface area contributed by atoms with Crippen LogP contribution < -0.4 is 0 Å². The number of aliphatic hydroxyl groups is 1. The fourth-order valence-corrected chi connectivity index (χ4v) is 3.91. The number of rotatable bonds is 0. The molecule has 0 saturated heterocycles. The zero-order chi connectivity index (χ0) is 11.2. The summed E-state index contributed by atoms with van der Waals surface area (Å²) >= 11 is 0. The molecule has 2 nitrogen and oxygen atoms in total. The Labute approximate surface area is 92.3 Å². The van der Waals surface area contributed by atoms with Gasteiger partial charge >= 0.3 is 0 Å². The molecule has 0 aliphatic heterocycles. The minimum Gasteiger partial charge on any atom is -0.388 e. The van der Waals surface area contributed by atoms with Crippen LogP contribution in [0.4, 0.5) is 0 Å². The molecule has 2 saturated carbocycles. The Bertz CT molecular complexity index is 300. The SMILES string of the molecule is CC1(C)CCC[C@]2(O)CCCC[C@]12C#N. The molecule has 15 heavy (non-hydrogen) atoms. The van der Waals surface area contributed by atoms with Gasteiger partial charge in [-0.1, -0.05) is 26.7 Å². The van der Waals surface area contributed by atoms with E-state index in [-0.39, 0.29) is 5.41 Å². The number of hydrogen-bond acceptors (Lipinski definition) is 2. The lowest BCUT2D eigenvalue weighted by atomic mass is 9.47. The molecule has 0 bridgehead atoms. The summed E-state index contributed by atoms with van der Waals surface area (Å²) < 4.78 is 0. The topological polar surface area (TPSA) is 44.0 Å². The standard InChI is InChI=1S/C13H21NO/c1-11(2)6-5-9-13(15)8-4-3-7-12(11,13)10-14/h15H,3-9H2,1-2H3/t12-,13+/m0/s1. The van der Waals surface area contributed by atoms with Crippen LogP contribution in [-0.2, 0) is 0 Å². The second-order valence-electron chi connectivity index (χ2n) is 5.99. The van der Waals surface area contributed by atoms with Gasteiger partial charge in [0.05, 0.1) is 17.1 Å². The van der Waals surface area contributed by atoms with E-state index >= 15 is 0 Å². The first-order valence-corrected chi connectivity index (χ1v) is 6.11. The van der Waals surface area contributed by atoms with E-state index in [2.05, 4.69) is 19.9 Å². The summed E-state index contributed by atoms with van der Waals surface area (Å²) in [4.78, 5) is 0. The van der Waals surface area contributed by atoms with E-state index in [1.807, 2.05) is 0 Å². The van der Waals surface area contributed by atoms with Crippen LogP contribution in [0.25, 0.3) is 0 Å². The van der Waals surface area contributed by atoms with Gasteiger partial charge in [-0.15, -0.1) is 0 Å². The summed E-state index contributed by atoms with van der Waals surface area (Å²) in [6.07, 6.45) is 6.84. The van der Waals surface area contributed by atoms with Gasteiger partial charge in [0.25, 0.3) is 0 Å². The lowest BCUT2D eigenvalue weighted by Gasteiger charge is -2.57. The molecule has 0 radical (unpaired) electrons. The molecule has 2 atom stereocenters. The first kappa shape index (κ1) is 11.0. The van der Waals surface area contributed by atoms with E-state index in [4.69, 9.17) is 0 Å². The Morgan fingerprint density at radius 2 is 1.60 bits per heavy atom. The van der Waals surface area contributed by atoms with Crippen LogP contribution in [0.15, 0.2) is 0 Å². The molecule has 0 aromatic carbocycles. The lowest BCUT2D eigenvalue weighted by molar-refractivity contribution is -0.168. The molecule has 1 N–H and O–H groups in total. The summed E-state index contributed by atoms with van der Waals surface area (Å²) in [6.45, 7) is 4.32. The van der Waals surface area contributed by atoms with E-state index in [1.54, 1.807) is 0 Å². The normalized spacial score (nSPS) is 44.1. The van der Waals surface area contributed by atoms with Crippen molar-refractivity contribution in [3.63, 3.8) is 0 Å². The highest BCUT2D eigenvalue weighted by molar-refractivity contribution is 5.20. The molecule has 0 heterocycles. The van der Waals surface area contributed by atoms with Crippen molar-refractivity contribution < 1.29 is 5.11 Å². The van der Waals surface area contributed by atoms with E-state index < -0.39 is 11.0 Å². The van der Waals surface area contributed by atoms with Crippen molar-refractivity contribution in [1.29, 1.82) is 5.26 Å². The van der Waals surface area contributed by atoms with Crippen LogP contribution in [0, 0.1) is 22.2 Å². The fourth-order valence-electron chi connectivity index (χ4n) is 3.91. The Balaban J connectivity index is 2.47. The predicted molar refractivity (Wildman–Crippen MR) is 59.1 cm³/mol. The predicted octanol–water partition coefficient (Wildman–Crippen LogP) is 3.01. The van der Waals surface area contributed by atoms with Crippen molar-refractivity contribution in [2.45, 2.75) is 64.4 Å². The van der Waals surface area contributed by atoms with Crippen molar-refractivity contribution in [3.8, 4) is 6.07 Å². The van der Waals surface area contributed by atoms with E-state index in [0.717, 1.165) is 44.9 Å². The molecule has 2 heteroatoms. The molecular weight excluding hydrogens is 186 g/mol. The average Bonchev–Trinajstić information content (AvgIpc) is 2.17. The molecular formula is C13H21NO. The highest BCUT2D eigenvalue weighted by atomic mass is 16.3. The van der Waals surface area contributed by atoms with Crippen molar-refractivity contribution in [3.05, 3.63) is 0 Å². The van der Waals surface area contributed by atoms with Gasteiger partial charge in [0.1, 0.15) is 0 Å². The van der Waals surface area contributed by atoms with Gasteiger partial charge in [-0.3, -0.25) is 0 Å². The van der Waals surface area contributed by atoms with Gasteiger partial charge in [-0.05, 0) is 37.5 Å². The Morgan fingerprint density at radius 3 is 2.20 bits per heavy atom. The fraction of sp³-hybridized carbons (Fsp3) is 0.923. The van der Waals surface area contributed by atoms with Crippen LogP contribution >= 0.6 is 0 Å². The van der Waals surface area contributed by atoms with Crippen molar-refractivity contribution in [2.24, 2.45) is 10.8 Å². The van der Waals surface area contributed by atoms with Gasteiger partial charge in [-0.2, -0.15) is 5.26 Å². The monoisotopic (exact) mass is 207 g/mol. The lowest BCUT2D eigenvalue weighted by Crippen LogP contribution is -2.59. The zero-order valence-electron chi connectivity index (χ0n) is 9.84. The summed E-state index contributed by atoms with van der Waals surface area (Å²) in [5.41, 5.74) is -1.23. The third-order valence-corrected chi connectivity index (χ3v) is 4.92. The van der Waals surface area contributed by atoms with Crippen LogP contribution in [-0.4, -0.2) is 10.7 Å². The van der Waals surface area contributed by atoms with E-state index in [1.165, 1.54) is 0 Å².